The lowest BCUT2D eigenvalue weighted by molar-refractivity contribution is -0.140. The third kappa shape index (κ3) is 8.70. The van der Waals surface area contributed by atoms with E-state index in [1.165, 1.54) is 17.0 Å². The highest BCUT2D eigenvalue weighted by Crippen LogP contribution is 2.28. The normalized spacial score (nSPS) is 12.1. The average molecular weight is 665 g/mol. The van der Waals surface area contributed by atoms with E-state index in [1.807, 2.05) is 27.7 Å². The van der Waals surface area contributed by atoms with Crippen molar-refractivity contribution in [3.8, 4) is 5.75 Å². The van der Waals surface area contributed by atoms with E-state index >= 15 is 0 Å². The first-order valence-electron chi connectivity index (χ1n) is 13.3. The van der Waals surface area contributed by atoms with Gasteiger partial charge in [-0.2, -0.15) is 0 Å². The summed E-state index contributed by atoms with van der Waals surface area (Å²) in [6.45, 7) is 7.38. The van der Waals surface area contributed by atoms with Gasteiger partial charge in [-0.3, -0.25) is 13.9 Å². The number of anilines is 1. The molecule has 0 saturated carbocycles. The van der Waals surface area contributed by atoms with Crippen LogP contribution >= 0.6 is 27.5 Å². The van der Waals surface area contributed by atoms with Gasteiger partial charge in [-0.05, 0) is 93.4 Å². The van der Waals surface area contributed by atoms with Gasteiger partial charge >= 0.3 is 0 Å². The van der Waals surface area contributed by atoms with Gasteiger partial charge in [0, 0.05) is 22.1 Å². The number of nitrogens with one attached hydrogen (secondary N) is 1. The number of nitrogens with zero attached hydrogens (tertiary/aromatic N) is 2. The zero-order valence-electron chi connectivity index (χ0n) is 23.5. The molecule has 3 aromatic carbocycles. The molecule has 0 spiro atoms. The lowest BCUT2D eigenvalue weighted by atomic mass is 10.1. The van der Waals surface area contributed by atoms with Gasteiger partial charge in [-0.1, -0.05) is 46.6 Å². The van der Waals surface area contributed by atoms with Crippen LogP contribution in [0.25, 0.3) is 0 Å². The molecule has 0 aromatic heterocycles. The van der Waals surface area contributed by atoms with E-state index in [2.05, 4.69) is 21.2 Å². The highest BCUT2D eigenvalue weighted by atomic mass is 79.9. The SMILES string of the molecule is CCOc1ccc(N(CC(=O)N(Cc2ccc(Cl)cc2)C(CC)C(=O)NC(C)C)S(=O)(=O)c2ccc(Br)cc2)cc1. The number of rotatable bonds is 13. The number of hydrogen-bond donors (Lipinski definition) is 1. The molecule has 2 amide bonds. The van der Waals surface area contributed by atoms with E-state index in [4.69, 9.17) is 16.3 Å². The lowest BCUT2D eigenvalue weighted by Gasteiger charge is -2.33. The van der Waals surface area contributed by atoms with Crippen LogP contribution in [0.15, 0.2) is 82.2 Å². The topological polar surface area (TPSA) is 96.0 Å². The van der Waals surface area contributed by atoms with Crippen LogP contribution in [0.2, 0.25) is 5.02 Å². The minimum Gasteiger partial charge on any atom is -0.494 e. The van der Waals surface area contributed by atoms with Crippen molar-refractivity contribution in [1.82, 2.24) is 10.2 Å². The first-order valence-corrected chi connectivity index (χ1v) is 15.9. The summed E-state index contributed by atoms with van der Waals surface area (Å²) in [4.78, 5) is 28.7. The number of amides is 2. The number of ether oxygens (including phenoxy) is 1. The molecule has 3 aromatic rings. The Labute approximate surface area is 255 Å². The van der Waals surface area contributed by atoms with Crippen molar-refractivity contribution >= 4 is 55.1 Å². The molecule has 220 valence electrons. The fourth-order valence-electron chi connectivity index (χ4n) is 4.22. The number of halogens is 2. The second-order valence-electron chi connectivity index (χ2n) is 9.63. The third-order valence-electron chi connectivity index (χ3n) is 6.20. The molecule has 0 aliphatic carbocycles. The first kappa shape index (κ1) is 32.4. The largest absolute Gasteiger partial charge is 0.494 e. The minimum absolute atomic E-state index is 0.0243. The van der Waals surface area contributed by atoms with Crippen LogP contribution in [0, 0.1) is 0 Å². The van der Waals surface area contributed by atoms with Crippen molar-refractivity contribution in [3.05, 3.63) is 87.9 Å². The van der Waals surface area contributed by atoms with E-state index in [-0.39, 0.29) is 29.1 Å². The van der Waals surface area contributed by atoms with Crippen molar-refractivity contribution in [3.63, 3.8) is 0 Å². The van der Waals surface area contributed by atoms with E-state index in [1.54, 1.807) is 60.7 Å². The van der Waals surface area contributed by atoms with Gasteiger partial charge in [0.05, 0.1) is 17.2 Å². The van der Waals surface area contributed by atoms with Crippen molar-refractivity contribution in [2.75, 3.05) is 17.5 Å². The van der Waals surface area contributed by atoms with Gasteiger partial charge in [-0.25, -0.2) is 8.42 Å². The molecule has 3 rings (SSSR count). The molecule has 0 heterocycles. The molecule has 0 aliphatic rings. The summed E-state index contributed by atoms with van der Waals surface area (Å²) in [6.07, 6.45) is 0.334. The fraction of sp³-hybridized carbons (Fsp3) is 0.333. The van der Waals surface area contributed by atoms with Crippen LogP contribution in [-0.4, -0.2) is 50.4 Å². The standard InChI is InChI=1S/C30H35BrClN3O5S/c1-5-28(30(37)33-21(3)4)34(19-22-7-11-24(32)12-8-22)29(36)20-35(25-13-15-26(16-14-25)40-6-2)41(38,39)27-17-9-23(31)10-18-27/h7-18,21,28H,5-6,19-20H2,1-4H3,(H,33,37). The molecular formula is C30H35BrClN3O5S. The van der Waals surface area contributed by atoms with Gasteiger partial charge in [0.15, 0.2) is 0 Å². The molecule has 0 aliphatic heterocycles. The monoisotopic (exact) mass is 663 g/mol. The summed E-state index contributed by atoms with van der Waals surface area (Å²) in [6, 6.07) is 18.7. The summed E-state index contributed by atoms with van der Waals surface area (Å²) in [5, 5.41) is 3.42. The fourth-order valence-corrected chi connectivity index (χ4v) is 6.03. The maximum Gasteiger partial charge on any atom is 0.264 e. The Kier molecular flexibility index (Phi) is 11.6. The van der Waals surface area contributed by atoms with Crippen molar-refractivity contribution in [1.29, 1.82) is 0 Å². The zero-order valence-corrected chi connectivity index (χ0v) is 26.7. The Hall–Kier alpha value is -3.08. The highest BCUT2D eigenvalue weighted by molar-refractivity contribution is 9.10. The zero-order chi connectivity index (χ0) is 30.2. The van der Waals surface area contributed by atoms with Gasteiger partial charge in [0.25, 0.3) is 10.0 Å². The van der Waals surface area contributed by atoms with Crippen LogP contribution in [0.3, 0.4) is 0 Å². The van der Waals surface area contributed by atoms with E-state index < -0.39 is 28.5 Å². The predicted octanol–water partition coefficient (Wildman–Crippen LogP) is 6.03. The second-order valence-corrected chi connectivity index (χ2v) is 12.8. The molecule has 0 radical (unpaired) electrons. The van der Waals surface area contributed by atoms with Gasteiger partial charge in [-0.15, -0.1) is 0 Å². The predicted molar refractivity (Wildman–Crippen MR) is 166 cm³/mol. The Morgan fingerprint density at radius 1 is 0.951 bits per heavy atom. The summed E-state index contributed by atoms with van der Waals surface area (Å²) < 4.78 is 35.2. The quantitative estimate of drug-likeness (QED) is 0.241. The van der Waals surface area contributed by atoms with Gasteiger partial charge < -0.3 is 15.0 Å². The van der Waals surface area contributed by atoms with Crippen LogP contribution in [0.4, 0.5) is 5.69 Å². The van der Waals surface area contributed by atoms with E-state index in [9.17, 15) is 18.0 Å². The number of carbonyl (C=O) groups is 2. The number of sulfonamides is 1. The van der Waals surface area contributed by atoms with Crippen LogP contribution in [0.5, 0.6) is 5.75 Å². The molecule has 1 N–H and O–H groups in total. The number of benzene rings is 3. The summed E-state index contributed by atoms with van der Waals surface area (Å²) in [5.41, 5.74) is 1.04. The summed E-state index contributed by atoms with van der Waals surface area (Å²) >= 11 is 9.40. The third-order valence-corrected chi connectivity index (χ3v) is 8.77. The van der Waals surface area contributed by atoms with E-state index in [0.717, 1.165) is 14.3 Å². The molecule has 0 bridgehead atoms. The minimum atomic E-state index is -4.17. The molecule has 0 fully saturated rings. The highest BCUT2D eigenvalue weighted by Gasteiger charge is 2.34. The second kappa shape index (κ2) is 14.7. The molecule has 41 heavy (non-hydrogen) atoms. The van der Waals surface area contributed by atoms with Gasteiger partial charge in [0.2, 0.25) is 11.8 Å². The molecule has 0 saturated heterocycles. The van der Waals surface area contributed by atoms with Crippen LogP contribution < -0.4 is 14.4 Å². The Morgan fingerprint density at radius 3 is 2.10 bits per heavy atom. The maximum absolute atomic E-state index is 14.1. The Bertz CT molecular complexity index is 1420. The smallest absolute Gasteiger partial charge is 0.264 e. The van der Waals surface area contributed by atoms with Crippen molar-refractivity contribution in [2.45, 2.75) is 57.6 Å². The van der Waals surface area contributed by atoms with Gasteiger partial charge in [0.1, 0.15) is 18.3 Å². The van der Waals surface area contributed by atoms with Crippen molar-refractivity contribution in [2.24, 2.45) is 0 Å². The average Bonchev–Trinajstić information content (AvgIpc) is 2.93. The molecule has 1 unspecified atom stereocenters. The van der Waals surface area contributed by atoms with Crippen LogP contribution in [-0.2, 0) is 26.2 Å². The number of hydrogen-bond acceptors (Lipinski definition) is 5. The Morgan fingerprint density at radius 2 is 1.56 bits per heavy atom. The molecule has 8 nitrogen and oxygen atoms in total. The Balaban J connectivity index is 2.06. The lowest BCUT2D eigenvalue weighted by Crippen LogP contribution is -2.53. The maximum atomic E-state index is 14.1. The molecular weight excluding hydrogens is 630 g/mol. The number of carbonyl (C=O) groups excluding carboxylic acids is 2. The summed E-state index contributed by atoms with van der Waals surface area (Å²) in [7, 11) is -4.17. The van der Waals surface area contributed by atoms with E-state index in [0.29, 0.717) is 23.8 Å². The van der Waals surface area contributed by atoms with Crippen molar-refractivity contribution < 1.29 is 22.7 Å². The molecule has 1 atom stereocenters. The van der Waals surface area contributed by atoms with Crippen LogP contribution in [0.1, 0.15) is 39.7 Å². The first-order chi connectivity index (χ1) is 19.5. The summed E-state index contributed by atoms with van der Waals surface area (Å²) in [5.74, 6) is -0.266. The molecule has 11 heteroatoms.